The minimum atomic E-state index is 0.300. The number of hydrogen-bond donors (Lipinski definition) is 2. The maximum absolute atomic E-state index is 5.87. The molecule has 0 aliphatic rings. The molecule has 0 heterocycles. The van der Waals surface area contributed by atoms with Crippen molar-refractivity contribution in [3.63, 3.8) is 0 Å². The zero-order valence-electron chi connectivity index (χ0n) is 10.5. The highest BCUT2D eigenvalue weighted by Gasteiger charge is 2.19. The second-order valence-corrected chi connectivity index (χ2v) is 5.82. The summed E-state index contributed by atoms with van der Waals surface area (Å²) in [4.78, 5) is 0. The van der Waals surface area contributed by atoms with Gasteiger partial charge in [-0.15, -0.1) is 0 Å². The number of benzene rings is 1. The molecular weight excluding hydrogens is 220 g/mol. The van der Waals surface area contributed by atoms with Crippen LogP contribution in [0.1, 0.15) is 27.7 Å². The minimum Gasteiger partial charge on any atom is -0.397 e. The lowest BCUT2D eigenvalue weighted by Gasteiger charge is -2.28. The Morgan fingerprint density at radius 2 is 2.00 bits per heavy atom. The van der Waals surface area contributed by atoms with Crippen LogP contribution < -0.4 is 11.1 Å². The van der Waals surface area contributed by atoms with Gasteiger partial charge in [-0.2, -0.15) is 0 Å². The molecule has 1 unspecified atom stereocenters. The van der Waals surface area contributed by atoms with E-state index >= 15 is 0 Å². The van der Waals surface area contributed by atoms with Gasteiger partial charge >= 0.3 is 0 Å². The molecule has 0 aliphatic heterocycles. The van der Waals surface area contributed by atoms with Crippen molar-refractivity contribution in [1.82, 2.24) is 0 Å². The topological polar surface area (TPSA) is 38.0 Å². The Balaban J connectivity index is 2.62. The van der Waals surface area contributed by atoms with Gasteiger partial charge in [0.1, 0.15) is 0 Å². The minimum absolute atomic E-state index is 0.300. The van der Waals surface area contributed by atoms with Crippen molar-refractivity contribution in [3.8, 4) is 0 Å². The highest BCUT2D eigenvalue weighted by Crippen LogP contribution is 2.27. The largest absolute Gasteiger partial charge is 0.397 e. The fraction of sp³-hybridized carbons (Fsp3) is 0.538. The third-order valence-corrected chi connectivity index (χ3v) is 3.33. The summed E-state index contributed by atoms with van der Waals surface area (Å²) >= 11 is 5.84. The zero-order chi connectivity index (χ0) is 12.3. The standard InChI is InChI=1S/C13H21ClN2/c1-9(13(2,3)4)8-16-12-6-5-10(14)7-11(12)15/h5-7,9,16H,8,15H2,1-4H3. The molecule has 1 atom stereocenters. The SMILES string of the molecule is CC(CNc1ccc(Cl)cc1N)C(C)(C)C. The lowest BCUT2D eigenvalue weighted by molar-refractivity contribution is 0.274. The van der Waals surface area contributed by atoms with Crippen LogP contribution in [0.5, 0.6) is 0 Å². The van der Waals surface area contributed by atoms with Gasteiger partial charge in [0.2, 0.25) is 0 Å². The quantitative estimate of drug-likeness (QED) is 0.784. The molecule has 1 rings (SSSR count). The van der Waals surface area contributed by atoms with Crippen LogP contribution in [0.3, 0.4) is 0 Å². The molecule has 1 aromatic carbocycles. The van der Waals surface area contributed by atoms with Gasteiger partial charge in [0, 0.05) is 11.6 Å². The summed E-state index contributed by atoms with van der Waals surface area (Å²) in [5.74, 6) is 0.572. The van der Waals surface area contributed by atoms with Crippen LogP contribution in [-0.2, 0) is 0 Å². The second-order valence-electron chi connectivity index (χ2n) is 5.38. The van der Waals surface area contributed by atoms with Gasteiger partial charge in [-0.25, -0.2) is 0 Å². The highest BCUT2D eigenvalue weighted by molar-refractivity contribution is 6.31. The van der Waals surface area contributed by atoms with Crippen LogP contribution in [-0.4, -0.2) is 6.54 Å². The van der Waals surface area contributed by atoms with E-state index in [0.717, 1.165) is 12.2 Å². The Morgan fingerprint density at radius 1 is 1.38 bits per heavy atom. The Labute approximate surface area is 103 Å². The van der Waals surface area contributed by atoms with Gasteiger partial charge in [-0.1, -0.05) is 39.3 Å². The van der Waals surface area contributed by atoms with Crippen LogP contribution in [0.25, 0.3) is 0 Å². The third-order valence-electron chi connectivity index (χ3n) is 3.09. The summed E-state index contributed by atoms with van der Waals surface area (Å²) in [5, 5.41) is 4.04. The molecule has 0 saturated heterocycles. The summed E-state index contributed by atoms with van der Waals surface area (Å²) in [6, 6.07) is 5.54. The first kappa shape index (κ1) is 13.2. The summed E-state index contributed by atoms with van der Waals surface area (Å²) in [6.07, 6.45) is 0. The van der Waals surface area contributed by atoms with E-state index < -0.39 is 0 Å². The molecule has 90 valence electrons. The first-order valence-electron chi connectivity index (χ1n) is 5.59. The number of nitrogen functional groups attached to an aromatic ring is 1. The lowest BCUT2D eigenvalue weighted by Crippen LogP contribution is -2.25. The summed E-state index contributed by atoms with van der Waals surface area (Å²) in [5.41, 5.74) is 7.83. The first-order valence-corrected chi connectivity index (χ1v) is 5.97. The lowest BCUT2D eigenvalue weighted by atomic mass is 9.82. The molecule has 0 aliphatic carbocycles. The molecule has 0 aromatic heterocycles. The molecule has 0 fully saturated rings. The maximum Gasteiger partial charge on any atom is 0.0575 e. The average Bonchev–Trinajstić information content (AvgIpc) is 2.14. The summed E-state index contributed by atoms with van der Waals surface area (Å²) < 4.78 is 0. The smallest absolute Gasteiger partial charge is 0.0575 e. The first-order chi connectivity index (χ1) is 7.30. The predicted molar refractivity (Wildman–Crippen MR) is 73.0 cm³/mol. The summed E-state index contributed by atoms with van der Waals surface area (Å²) in [6.45, 7) is 9.87. The number of nitrogens with one attached hydrogen (secondary N) is 1. The fourth-order valence-electron chi connectivity index (χ4n) is 1.26. The number of hydrogen-bond acceptors (Lipinski definition) is 2. The molecule has 0 bridgehead atoms. The Bertz CT molecular complexity index is 355. The van der Waals surface area contributed by atoms with Crippen molar-refractivity contribution in [1.29, 1.82) is 0 Å². The molecule has 0 amide bonds. The number of nitrogens with two attached hydrogens (primary N) is 1. The molecule has 2 nitrogen and oxygen atoms in total. The number of anilines is 2. The Morgan fingerprint density at radius 3 is 2.50 bits per heavy atom. The van der Waals surface area contributed by atoms with Gasteiger partial charge in [-0.3, -0.25) is 0 Å². The summed E-state index contributed by atoms with van der Waals surface area (Å²) in [7, 11) is 0. The fourth-order valence-corrected chi connectivity index (χ4v) is 1.44. The van der Waals surface area contributed by atoms with E-state index in [4.69, 9.17) is 17.3 Å². The molecule has 16 heavy (non-hydrogen) atoms. The zero-order valence-corrected chi connectivity index (χ0v) is 11.2. The second kappa shape index (κ2) is 4.96. The molecule has 3 N–H and O–H groups in total. The van der Waals surface area contributed by atoms with E-state index in [2.05, 4.69) is 33.0 Å². The van der Waals surface area contributed by atoms with E-state index in [9.17, 15) is 0 Å². The normalized spacial score (nSPS) is 13.6. The van der Waals surface area contributed by atoms with Gasteiger partial charge < -0.3 is 11.1 Å². The van der Waals surface area contributed by atoms with E-state index in [1.807, 2.05) is 12.1 Å². The third kappa shape index (κ3) is 3.60. The Kier molecular flexibility index (Phi) is 4.09. The van der Waals surface area contributed by atoms with Gasteiger partial charge in [0.15, 0.2) is 0 Å². The maximum atomic E-state index is 5.87. The van der Waals surface area contributed by atoms with Crippen LogP contribution in [0, 0.1) is 11.3 Å². The van der Waals surface area contributed by atoms with Crippen LogP contribution in [0.2, 0.25) is 5.02 Å². The Hall–Kier alpha value is -0.890. The monoisotopic (exact) mass is 240 g/mol. The molecule has 0 spiro atoms. The van der Waals surface area contributed by atoms with Crippen molar-refractivity contribution in [2.75, 3.05) is 17.6 Å². The number of rotatable bonds is 3. The molecule has 0 radical (unpaired) electrons. The van der Waals surface area contributed by atoms with Crippen molar-refractivity contribution in [2.45, 2.75) is 27.7 Å². The van der Waals surface area contributed by atoms with E-state index in [0.29, 0.717) is 22.0 Å². The van der Waals surface area contributed by atoms with Crippen LogP contribution >= 0.6 is 11.6 Å². The molecule has 0 saturated carbocycles. The van der Waals surface area contributed by atoms with E-state index in [-0.39, 0.29) is 0 Å². The highest BCUT2D eigenvalue weighted by atomic mass is 35.5. The molecular formula is C13H21ClN2. The number of halogens is 1. The van der Waals surface area contributed by atoms with Crippen molar-refractivity contribution < 1.29 is 0 Å². The van der Waals surface area contributed by atoms with Gasteiger partial charge in [0.05, 0.1) is 11.4 Å². The van der Waals surface area contributed by atoms with Crippen LogP contribution in [0.15, 0.2) is 18.2 Å². The average molecular weight is 241 g/mol. The van der Waals surface area contributed by atoms with E-state index in [1.165, 1.54) is 0 Å². The van der Waals surface area contributed by atoms with Crippen molar-refractivity contribution in [2.24, 2.45) is 11.3 Å². The molecule has 1 aromatic rings. The predicted octanol–water partition coefficient (Wildman–Crippen LogP) is 4.02. The van der Waals surface area contributed by atoms with E-state index in [1.54, 1.807) is 6.07 Å². The van der Waals surface area contributed by atoms with Gasteiger partial charge in [-0.05, 0) is 29.5 Å². The van der Waals surface area contributed by atoms with Crippen molar-refractivity contribution in [3.05, 3.63) is 23.2 Å². The molecule has 3 heteroatoms. The van der Waals surface area contributed by atoms with Gasteiger partial charge in [0.25, 0.3) is 0 Å². The van der Waals surface area contributed by atoms with Crippen LogP contribution in [0.4, 0.5) is 11.4 Å². The van der Waals surface area contributed by atoms with Crippen molar-refractivity contribution >= 4 is 23.0 Å².